The molecule has 0 saturated carbocycles. The number of benzene rings is 1. The Kier molecular flexibility index (Phi) is 3.02. The molecule has 0 aliphatic carbocycles. The second-order valence-electron chi connectivity index (χ2n) is 4.43. The largest absolute Gasteiger partial charge is 0.478 e. The minimum Gasteiger partial charge on any atom is -0.478 e. The van der Waals surface area contributed by atoms with Gasteiger partial charge < -0.3 is 5.11 Å². The molecule has 3 aromatic rings. The summed E-state index contributed by atoms with van der Waals surface area (Å²) in [4.78, 5) is 11.1. The van der Waals surface area contributed by atoms with Gasteiger partial charge in [0.1, 0.15) is 0 Å². The van der Waals surface area contributed by atoms with E-state index in [-0.39, 0.29) is 5.56 Å². The van der Waals surface area contributed by atoms with Crippen LogP contribution in [0.5, 0.6) is 0 Å². The zero-order valence-electron chi connectivity index (χ0n) is 10.5. The van der Waals surface area contributed by atoms with Crippen molar-refractivity contribution in [1.82, 2.24) is 14.6 Å². The number of hydrogen-bond donors (Lipinski definition) is 1. The molecule has 0 atom stereocenters. The number of pyridine rings is 1. The molecule has 0 saturated heterocycles. The second-order valence-corrected chi connectivity index (χ2v) is 5.35. The molecule has 5 nitrogen and oxygen atoms in total. The summed E-state index contributed by atoms with van der Waals surface area (Å²) in [6.45, 7) is 1.97. The third kappa shape index (κ3) is 2.08. The lowest BCUT2D eigenvalue weighted by atomic mass is 10.1. The van der Waals surface area contributed by atoms with E-state index in [2.05, 4.69) is 26.1 Å². The summed E-state index contributed by atoms with van der Waals surface area (Å²) in [5, 5.41) is 17.3. The van der Waals surface area contributed by atoms with Crippen molar-refractivity contribution in [3.63, 3.8) is 0 Å². The number of carboxylic acids is 1. The summed E-state index contributed by atoms with van der Waals surface area (Å²) in [5.41, 5.74) is 2.78. The Morgan fingerprint density at radius 1 is 1.25 bits per heavy atom. The van der Waals surface area contributed by atoms with Gasteiger partial charge in [-0.05, 0) is 42.8 Å². The normalized spacial score (nSPS) is 10.9. The molecule has 2 aromatic heterocycles. The molecule has 6 heteroatoms. The number of rotatable bonds is 2. The minimum absolute atomic E-state index is 0.202. The molecule has 100 valence electrons. The van der Waals surface area contributed by atoms with E-state index in [0.717, 1.165) is 15.6 Å². The average molecular weight is 332 g/mol. The fourth-order valence-electron chi connectivity index (χ4n) is 2.08. The molecule has 0 aliphatic heterocycles. The molecular formula is C14H10BrN3O2. The van der Waals surface area contributed by atoms with Crippen LogP contribution in [-0.4, -0.2) is 25.7 Å². The van der Waals surface area contributed by atoms with Crippen molar-refractivity contribution < 1.29 is 9.90 Å². The summed E-state index contributed by atoms with van der Waals surface area (Å²) in [6.07, 6.45) is 1.54. The van der Waals surface area contributed by atoms with Gasteiger partial charge in [0.05, 0.1) is 5.56 Å². The van der Waals surface area contributed by atoms with Gasteiger partial charge in [0, 0.05) is 16.2 Å². The van der Waals surface area contributed by atoms with Gasteiger partial charge in [0.15, 0.2) is 11.5 Å². The third-order valence-electron chi connectivity index (χ3n) is 3.08. The highest BCUT2D eigenvalue weighted by Gasteiger charge is 2.12. The topological polar surface area (TPSA) is 67.5 Å². The summed E-state index contributed by atoms with van der Waals surface area (Å²) < 4.78 is 2.68. The van der Waals surface area contributed by atoms with Crippen molar-refractivity contribution in [2.45, 2.75) is 6.92 Å². The van der Waals surface area contributed by atoms with E-state index in [1.54, 1.807) is 10.5 Å². The number of aromatic nitrogens is 3. The Balaban J connectivity index is 2.25. The van der Waals surface area contributed by atoms with E-state index >= 15 is 0 Å². The molecule has 0 bridgehead atoms. The number of aromatic carboxylic acids is 1. The van der Waals surface area contributed by atoms with Gasteiger partial charge in [-0.25, -0.2) is 4.79 Å². The number of carbonyl (C=O) groups is 1. The highest BCUT2D eigenvalue weighted by atomic mass is 79.9. The SMILES string of the molecule is Cc1cc(Br)ccc1-c1nnc2ccc(C(=O)O)cn12. The Morgan fingerprint density at radius 2 is 2.05 bits per heavy atom. The Labute approximate surface area is 123 Å². The fraction of sp³-hybridized carbons (Fsp3) is 0.0714. The lowest BCUT2D eigenvalue weighted by Gasteiger charge is -2.05. The highest BCUT2D eigenvalue weighted by molar-refractivity contribution is 9.10. The summed E-state index contributed by atoms with van der Waals surface area (Å²) in [7, 11) is 0. The molecule has 0 spiro atoms. The number of aryl methyl sites for hydroxylation is 1. The van der Waals surface area contributed by atoms with E-state index in [1.807, 2.05) is 25.1 Å². The zero-order chi connectivity index (χ0) is 14.3. The Hall–Kier alpha value is -2.21. The second kappa shape index (κ2) is 4.72. The van der Waals surface area contributed by atoms with Crippen LogP contribution in [0.3, 0.4) is 0 Å². The number of fused-ring (bicyclic) bond motifs is 1. The van der Waals surface area contributed by atoms with Crippen molar-refractivity contribution in [3.05, 3.63) is 52.1 Å². The van der Waals surface area contributed by atoms with Crippen LogP contribution in [0.1, 0.15) is 15.9 Å². The molecule has 0 radical (unpaired) electrons. The van der Waals surface area contributed by atoms with E-state index in [4.69, 9.17) is 5.11 Å². The van der Waals surface area contributed by atoms with E-state index < -0.39 is 5.97 Å². The average Bonchev–Trinajstić information content (AvgIpc) is 2.81. The van der Waals surface area contributed by atoms with Crippen molar-refractivity contribution in [2.75, 3.05) is 0 Å². The zero-order valence-corrected chi connectivity index (χ0v) is 12.1. The first kappa shape index (κ1) is 12.8. The van der Waals surface area contributed by atoms with Crippen LogP contribution in [0, 0.1) is 6.92 Å². The van der Waals surface area contributed by atoms with Gasteiger partial charge in [0.2, 0.25) is 0 Å². The van der Waals surface area contributed by atoms with Crippen LogP contribution in [0.25, 0.3) is 17.0 Å². The summed E-state index contributed by atoms with van der Waals surface area (Å²) in [6, 6.07) is 9.00. The van der Waals surface area contributed by atoms with Crippen LogP contribution in [0.4, 0.5) is 0 Å². The van der Waals surface area contributed by atoms with Gasteiger partial charge in [-0.2, -0.15) is 0 Å². The molecule has 0 aliphatic rings. The predicted molar refractivity (Wildman–Crippen MR) is 77.8 cm³/mol. The fourth-order valence-corrected chi connectivity index (χ4v) is 2.55. The Bertz CT molecular complexity index is 826. The highest BCUT2D eigenvalue weighted by Crippen LogP contribution is 2.25. The Morgan fingerprint density at radius 3 is 2.75 bits per heavy atom. The molecule has 1 aromatic carbocycles. The smallest absolute Gasteiger partial charge is 0.337 e. The van der Waals surface area contributed by atoms with Crippen molar-refractivity contribution >= 4 is 27.5 Å². The van der Waals surface area contributed by atoms with Crippen LogP contribution in [0.15, 0.2) is 41.0 Å². The van der Waals surface area contributed by atoms with Crippen LogP contribution < -0.4 is 0 Å². The quantitative estimate of drug-likeness (QED) is 0.783. The molecule has 2 heterocycles. The van der Waals surface area contributed by atoms with Crippen LogP contribution in [0.2, 0.25) is 0 Å². The van der Waals surface area contributed by atoms with E-state index in [9.17, 15) is 4.79 Å². The molecule has 20 heavy (non-hydrogen) atoms. The van der Waals surface area contributed by atoms with Crippen molar-refractivity contribution in [2.24, 2.45) is 0 Å². The first-order valence-corrected chi connectivity index (χ1v) is 6.70. The van der Waals surface area contributed by atoms with Gasteiger partial charge in [0.25, 0.3) is 0 Å². The monoisotopic (exact) mass is 331 g/mol. The molecule has 1 N–H and O–H groups in total. The first-order valence-electron chi connectivity index (χ1n) is 5.91. The predicted octanol–water partition coefficient (Wildman–Crippen LogP) is 3.17. The van der Waals surface area contributed by atoms with Gasteiger partial charge in [-0.1, -0.05) is 15.9 Å². The maximum Gasteiger partial charge on any atom is 0.337 e. The lowest BCUT2D eigenvalue weighted by molar-refractivity contribution is 0.0696. The lowest BCUT2D eigenvalue weighted by Crippen LogP contribution is -2.00. The first-order chi connectivity index (χ1) is 9.56. The molecule has 0 amide bonds. The maximum absolute atomic E-state index is 11.1. The maximum atomic E-state index is 11.1. The van der Waals surface area contributed by atoms with Crippen LogP contribution in [-0.2, 0) is 0 Å². The molecule has 3 rings (SSSR count). The number of carboxylic acid groups (broad SMARTS) is 1. The number of hydrogen-bond acceptors (Lipinski definition) is 3. The standard InChI is InChI=1S/C14H10BrN3O2/c1-8-6-10(15)3-4-11(8)13-17-16-12-5-2-9(14(19)20)7-18(12)13/h2-7H,1H3,(H,19,20). The van der Waals surface area contributed by atoms with Gasteiger partial charge >= 0.3 is 5.97 Å². The number of nitrogens with zero attached hydrogens (tertiary/aromatic N) is 3. The van der Waals surface area contributed by atoms with E-state index in [1.165, 1.54) is 12.3 Å². The van der Waals surface area contributed by atoms with Gasteiger partial charge in [-0.15, -0.1) is 10.2 Å². The molecule has 0 fully saturated rings. The van der Waals surface area contributed by atoms with Gasteiger partial charge in [-0.3, -0.25) is 4.40 Å². The molecule has 0 unspecified atom stereocenters. The van der Waals surface area contributed by atoms with Crippen molar-refractivity contribution in [3.8, 4) is 11.4 Å². The summed E-state index contributed by atoms with van der Waals surface area (Å²) in [5.74, 6) is -0.341. The van der Waals surface area contributed by atoms with Crippen molar-refractivity contribution in [1.29, 1.82) is 0 Å². The minimum atomic E-state index is -0.973. The molecular weight excluding hydrogens is 322 g/mol. The summed E-state index contributed by atoms with van der Waals surface area (Å²) >= 11 is 3.42. The van der Waals surface area contributed by atoms with Crippen LogP contribution >= 0.6 is 15.9 Å². The number of halogens is 1. The third-order valence-corrected chi connectivity index (χ3v) is 3.57. The van der Waals surface area contributed by atoms with E-state index in [0.29, 0.717) is 11.5 Å².